The quantitative estimate of drug-likeness (QED) is 0.388. The molecular weight excluding hydrogens is 268 g/mol. The Morgan fingerprint density at radius 1 is 0.952 bits per heavy atom. The first-order chi connectivity index (χ1) is 10.1. The van der Waals surface area contributed by atoms with E-state index < -0.39 is 11.6 Å². The molecule has 116 valence electrons. The van der Waals surface area contributed by atoms with Crippen molar-refractivity contribution in [2.24, 2.45) is 0 Å². The number of benzene rings is 1. The van der Waals surface area contributed by atoms with Crippen molar-refractivity contribution in [3.8, 4) is 11.5 Å². The second-order valence-electron chi connectivity index (χ2n) is 5.33. The molecule has 0 aliphatic carbocycles. The lowest BCUT2D eigenvalue weighted by molar-refractivity contribution is -0.115. The number of aromatic hydroxyl groups is 2. The van der Waals surface area contributed by atoms with Crippen LogP contribution >= 0.6 is 0 Å². The van der Waals surface area contributed by atoms with E-state index in [1.54, 1.807) is 0 Å². The van der Waals surface area contributed by atoms with Gasteiger partial charge in [0, 0.05) is 12.5 Å². The van der Waals surface area contributed by atoms with E-state index in [1.807, 2.05) is 0 Å². The highest BCUT2D eigenvalue weighted by atomic mass is 16.3. The third kappa shape index (κ3) is 5.98. The summed E-state index contributed by atoms with van der Waals surface area (Å²) >= 11 is 0. The second kappa shape index (κ2) is 9.16. The van der Waals surface area contributed by atoms with Gasteiger partial charge in [-0.05, 0) is 18.6 Å². The Morgan fingerprint density at radius 2 is 1.57 bits per heavy atom. The van der Waals surface area contributed by atoms with Crippen molar-refractivity contribution >= 4 is 11.6 Å². The Balaban J connectivity index is 2.33. The summed E-state index contributed by atoms with van der Waals surface area (Å²) in [4.78, 5) is 23.7. The zero-order chi connectivity index (χ0) is 15.7. The Morgan fingerprint density at radius 3 is 2.19 bits per heavy atom. The summed E-state index contributed by atoms with van der Waals surface area (Å²) in [5.74, 6) is -1.65. The monoisotopic (exact) mass is 292 g/mol. The van der Waals surface area contributed by atoms with E-state index in [-0.39, 0.29) is 23.5 Å². The van der Waals surface area contributed by atoms with Gasteiger partial charge in [-0.2, -0.15) is 0 Å². The standard InChI is InChI=1S/C17H24O4/c1-2-3-4-5-6-7-8-9-15(19)17(21)14-11-10-13(18)12-16(14)20/h10-12,18,20H,2-9H2,1H3. The highest BCUT2D eigenvalue weighted by Crippen LogP contribution is 2.23. The molecule has 0 amide bonds. The van der Waals surface area contributed by atoms with Gasteiger partial charge in [0.1, 0.15) is 11.5 Å². The molecule has 0 atom stereocenters. The lowest BCUT2D eigenvalue weighted by atomic mass is 10.0. The van der Waals surface area contributed by atoms with Gasteiger partial charge >= 0.3 is 0 Å². The Kier molecular flexibility index (Phi) is 7.51. The van der Waals surface area contributed by atoms with Gasteiger partial charge in [-0.3, -0.25) is 9.59 Å². The molecule has 0 aromatic heterocycles. The highest BCUT2D eigenvalue weighted by Gasteiger charge is 2.19. The summed E-state index contributed by atoms with van der Waals surface area (Å²) in [5, 5.41) is 18.7. The fourth-order valence-electron chi connectivity index (χ4n) is 2.22. The molecule has 2 N–H and O–H groups in total. The van der Waals surface area contributed by atoms with Gasteiger partial charge in [-0.15, -0.1) is 0 Å². The van der Waals surface area contributed by atoms with Gasteiger partial charge in [0.05, 0.1) is 5.56 Å². The first kappa shape index (κ1) is 17.2. The second-order valence-corrected chi connectivity index (χ2v) is 5.33. The Labute approximate surface area is 125 Å². The number of phenolic OH excluding ortho intramolecular Hbond substituents is 2. The van der Waals surface area contributed by atoms with Gasteiger partial charge in [0.2, 0.25) is 11.6 Å². The van der Waals surface area contributed by atoms with Crippen molar-refractivity contribution in [3.05, 3.63) is 23.8 Å². The maximum absolute atomic E-state index is 11.9. The first-order valence-electron chi connectivity index (χ1n) is 7.65. The lowest BCUT2D eigenvalue weighted by Crippen LogP contribution is -2.14. The van der Waals surface area contributed by atoms with Crippen LogP contribution in [0.4, 0.5) is 0 Å². The van der Waals surface area contributed by atoms with E-state index >= 15 is 0 Å². The lowest BCUT2D eigenvalue weighted by Gasteiger charge is -2.04. The molecule has 0 saturated carbocycles. The van der Waals surface area contributed by atoms with Crippen molar-refractivity contribution < 1.29 is 19.8 Å². The summed E-state index contributed by atoms with van der Waals surface area (Å²) in [6.45, 7) is 2.17. The van der Waals surface area contributed by atoms with Crippen LogP contribution in [0.5, 0.6) is 11.5 Å². The van der Waals surface area contributed by atoms with Crippen LogP contribution in [-0.2, 0) is 4.79 Å². The molecule has 1 aromatic rings. The molecule has 1 aromatic carbocycles. The molecule has 21 heavy (non-hydrogen) atoms. The number of rotatable bonds is 10. The predicted molar refractivity (Wildman–Crippen MR) is 81.7 cm³/mol. The minimum atomic E-state index is -0.682. The third-order valence-electron chi connectivity index (χ3n) is 3.49. The van der Waals surface area contributed by atoms with Crippen LogP contribution in [0.3, 0.4) is 0 Å². The largest absolute Gasteiger partial charge is 0.508 e. The number of hydrogen-bond donors (Lipinski definition) is 2. The summed E-state index contributed by atoms with van der Waals surface area (Å²) in [7, 11) is 0. The number of carbonyl (C=O) groups excluding carboxylic acids is 2. The first-order valence-corrected chi connectivity index (χ1v) is 7.65. The SMILES string of the molecule is CCCCCCCCCC(=O)C(=O)c1ccc(O)cc1O. The fraction of sp³-hybridized carbons (Fsp3) is 0.529. The Bertz CT molecular complexity index is 480. The number of carbonyl (C=O) groups is 2. The molecule has 0 bridgehead atoms. The molecule has 0 aliphatic heterocycles. The van der Waals surface area contributed by atoms with Crippen molar-refractivity contribution in [1.29, 1.82) is 0 Å². The number of Topliss-reactive ketones (excluding diaryl/α,β-unsaturated/α-hetero) is 2. The van der Waals surface area contributed by atoms with Crippen LogP contribution in [0.25, 0.3) is 0 Å². The zero-order valence-corrected chi connectivity index (χ0v) is 12.6. The van der Waals surface area contributed by atoms with E-state index in [0.29, 0.717) is 6.42 Å². The summed E-state index contributed by atoms with van der Waals surface area (Å²) in [6.07, 6.45) is 7.82. The fourth-order valence-corrected chi connectivity index (χ4v) is 2.22. The molecule has 4 nitrogen and oxygen atoms in total. The topological polar surface area (TPSA) is 74.6 Å². The van der Waals surface area contributed by atoms with Crippen molar-refractivity contribution in [3.63, 3.8) is 0 Å². The summed E-state index contributed by atoms with van der Waals surface area (Å²) < 4.78 is 0. The van der Waals surface area contributed by atoms with E-state index in [1.165, 1.54) is 37.8 Å². The highest BCUT2D eigenvalue weighted by molar-refractivity contribution is 6.44. The smallest absolute Gasteiger partial charge is 0.232 e. The molecule has 0 spiro atoms. The minimum Gasteiger partial charge on any atom is -0.508 e. The molecular formula is C17H24O4. The molecule has 1 rings (SSSR count). The minimum absolute atomic E-state index is 0.0410. The van der Waals surface area contributed by atoms with E-state index in [4.69, 9.17) is 5.11 Å². The average molecular weight is 292 g/mol. The van der Waals surface area contributed by atoms with Crippen LogP contribution in [0.1, 0.15) is 68.6 Å². The molecule has 4 heteroatoms. The molecule has 0 saturated heterocycles. The summed E-state index contributed by atoms with van der Waals surface area (Å²) in [5.41, 5.74) is -0.0410. The molecule has 0 aliphatic rings. The van der Waals surface area contributed by atoms with Crippen LogP contribution < -0.4 is 0 Å². The molecule has 0 unspecified atom stereocenters. The molecule has 0 heterocycles. The summed E-state index contributed by atoms with van der Waals surface area (Å²) in [6, 6.07) is 3.62. The number of unbranched alkanes of at least 4 members (excludes halogenated alkanes) is 6. The van der Waals surface area contributed by atoms with Gasteiger partial charge in [0.15, 0.2) is 0 Å². The third-order valence-corrected chi connectivity index (χ3v) is 3.49. The number of ketones is 2. The van der Waals surface area contributed by atoms with Crippen molar-refractivity contribution in [1.82, 2.24) is 0 Å². The van der Waals surface area contributed by atoms with Crippen LogP contribution in [0.15, 0.2) is 18.2 Å². The van der Waals surface area contributed by atoms with Crippen LogP contribution in [0, 0.1) is 0 Å². The van der Waals surface area contributed by atoms with Crippen LogP contribution in [0.2, 0.25) is 0 Å². The molecule has 0 fully saturated rings. The van der Waals surface area contributed by atoms with Gasteiger partial charge in [-0.1, -0.05) is 45.4 Å². The van der Waals surface area contributed by atoms with E-state index in [2.05, 4.69) is 6.92 Å². The average Bonchev–Trinajstić information content (AvgIpc) is 2.45. The van der Waals surface area contributed by atoms with Gasteiger partial charge < -0.3 is 10.2 Å². The van der Waals surface area contributed by atoms with Crippen LogP contribution in [-0.4, -0.2) is 21.8 Å². The number of phenols is 2. The van der Waals surface area contributed by atoms with Crippen molar-refractivity contribution in [2.45, 2.75) is 58.3 Å². The van der Waals surface area contributed by atoms with Gasteiger partial charge in [0.25, 0.3) is 0 Å². The zero-order valence-electron chi connectivity index (χ0n) is 12.6. The van der Waals surface area contributed by atoms with Gasteiger partial charge in [-0.25, -0.2) is 0 Å². The predicted octanol–water partition coefficient (Wildman–Crippen LogP) is 3.99. The van der Waals surface area contributed by atoms with Crippen molar-refractivity contribution in [2.75, 3.05) is 0 Å². The van der Waals surface area contributed by atoms with E-state index in [0.717, 1.165) is 18.9 Å². The maximum atomic E-state index is 11.9. The van der Waals surface area contributed by atoms with E-state index in [9.17, 15) is 14.7 Å². The normalized spacial score (nSPS) is 10.5. The number of hydrogen-bond acceptors (Lipinski definition) is 4. The molecule has 0 radical (unpaired) electrons. The Hall–Kier alpha value is -1.84. The maximum Gasteiger partial charge on any atom is 0.232 e.